The molecule has 0 fully saturated rings. The lowest BCUT2D eigenvalue weighted by Gasteiger charge is -2.08. The van der Waals surface area contributed by atoms with Crippen molar-refractivity contribution >= 4 is 17.5 Å². The van der Waals surface area contributed by atoms with Crippen molar-refractivity contribution in [3.8, 4) is 0 Å². The Bertz CT molecular complexity index is 607. The number of nitrogens with one attached hydrogen (secondary N) is 3. The smallest absolute Gasteiger partial charge is 0.277 e. The third-order valence-corrected chi connectivity index (χ3v) is 2.61. The standard InChI is InChI=1S/C12H13N5O2/c1-7-5-8(11(18)13-2)3-4-9(7)15-12(19)10-6-14-17-16-10/h3-6H,1-2H3,(H,13,18)(H,15,19)(H,14,16,17). The van der Waals surface area contributed by atoms with Crippen LogP contribution in [0.2, 0.25) is 0 Å². The maximum absolute atomic E-state index is 11.8. The molecule has 0 spiro atoms. The largest absolute Gasteiger partial charge is 0.355 e. The van der Waals surface area contributed by atoms with E-state index in [-0.39, 0.29) is 17.5 Å². The first-order chi connectivity index (χ1) is 9.11. The Morgan fingerprint density at radius 1 is 1.26 bits per heavy atom. The highest BCUT2D eigenvalue weighted by atomic mass is 16.2. The summed E-state index contributed by atoms with van der Waals surface area (Å²) in [5, 5.41) is 14.9. The van der Waals surface area contributed by atoms with Crippen LogP contribution in [0.1, 0.15) is 26.4 Å². The molecular formula is C12H13N5O2. The molecular weight excluding hydrogens is 246 g/mol. The fourth-order valence-corrected chi connectivity index (χ4v) is 1.59. The number of hydrogen-bond acceptors (Lipinski definition) is 4. The van der Waals surface area contributed by atoms with Crippen LogP contribution < -0.4 is 10.6 Å². The maximum atomic E-state index is 11.8. The van der Waals surface area contributed by atoms with Crippen LogP contribution in [0.15, 0.2) is 24.4 Å². The van der Waals surface area contributed by atoms with Crippen LogP contribution >= 0.6 is 0 Å². The molecule has 0 unspecified atom stereocenters. The van der Waals surface area contributed by atoms with Gasteiger partial charge in [-0.1, -0.05) is 0 Å². The third kappa shape index (κ3) is 2.76. The minimum Gasteiger partial charge on any atom is -0.355 e. The van der Waals surface area contributed by atoms with E-state index < -0.39 is 0 Å². The van der Waals surface area contributed by atoms with Gasteiger partial charge < -0.3 is 10.6 Å². The molecule has 0 aliphatic carbocycles. The number of aryl methyl sites for hydroxylation is 1. The quantitative estimate of drug-likeness (QED) is 0.756. The Labute approximate surface area is 109 Å². The fourth-order valence-electron chi connectivity index (χ4n) is 1.59. The van der Waals surface area contributed by atoms with Crippen molar-refractivity contribution in [2.45, 2.75) is 6.92 Å². The number of hydrogen-bond donors (Lipinski definition) is 3. The molecule has 7 heteroatoms. The summed E-state index contributed by atoms with van der Waals surface area (Å²) in [6.07, 6.45) is 1.34. The summed E-state index contributed by atoms with van der Waals surface area (Å²) in [6, 6.07) is 5.03. The first-order valence-electron chi connectivity index (χ1n) is 5.61. The van der Waals surface area contributed by atoms with Gasteiger partial charge >= 0.3 is 0 Å². The van der Waals surface area contributed by atoms with Crippen molar-refractivity contribution in [2.24, 2.45) is 0 Å². The molecule has 98 valence electrons. The van der Waals surface area contributed by atoms with Crippen LogP contribution in [0.25, 0.3) is 0 Å². The van der Waals surface area contributed by atoms with Crippen LogP contribution in [0.3, 0.4) is 0 Å². The number of nitrogens with zero attached hydrogens (tertiary/aromatic N) is 2. The SMILES string of the molecule is CNC(=O)c1ccc(NC(=O)c2cn[nH]n2)c(C)c1. The van der Waals surface area contributed by atoms with Gasteiger partial charge in [0.2, 0.25) is 0 Å². The number of carbonyl (C=O) groups is 2. The van der Waals surface area contributed by atoms with Crippen LogP contribution in [0.4, 0.5) is 5.69 Å². The summed E-state index contributed by atoms with van der Waals surface area (Å²) in [6.45, 7) is 1.81. The Kier molecular flexibility index (Phi) is 3.56. The Morgan fingerprint density at radius 2 is 2.05 bits per heavy atom. The predicted octanol–water partition coefficient (Wildman–Crippen LogP) is 0.725. The monoisotopic (exact) mass is 259 g/mol. The van der Waals surface area contributed by atoms with E-state index in [2.05, 4.69) is 26.0 Å². The molecule has 0 aliphatic rings. The minimum atomic E-state index is -0.357. The van der Waals surface area contributed by atoms with Crippen molar-refractivity contribution in [1.29, 1.82) is 0 Å². The Hall–Kier alpha value is -2.70. The maximum Gasteiger partial charge on any atom is 0.277 e. The number of aromatic nitrogens is 3. The summed E-state index contributed by atoms with van der Waals surface area (Å²) < 4.78 is 0. The van der Waals surface area contributed by atoms with Gasteiger partial charge in [-0.15, -0.1) is 0 Å². The second kappa shape index (κ2) is 5.30. The Morgan fingerprint density at radius 3 is 2.63 bits per heavy atom. The number of benzene rings is 1. The van der Waals surface area contributed by atoms with Gasteiger partial charge in [0.05, 0.1) is 6.20 Å². The molecule has 0 aliphatic heterocycles. The lowest BCUT2D eigenvalue weighted by Crippen LogP contribution is -2.18. The summed E-state index contributed by atoms with van der Waals surface area (Å²) in [4.78, 5) is 23.3. The van der Waals surface area contributed by atoms with Crippen molar-refractivity contribution in [3.05, 3.63) is 41.2 Å². The molecule has 1 heterocycles. The fraction of sp³-hybridized carbons (Fsp3) is 0.167. The van der Waals surface area contributed by atoms with Gasteiger partial charge in [0, 0.05) is 18.3 Å². The minimum absolute atomic E-state index is 0.169. The predicted molar refractivity (Wildman–Crippen MR) is 68.9 cm³/mol. The van der Waals surface area contributed by atoms with Gasteiger partial charge in [0.1, 0.15) is 0 Å². The van der Waals surface area contributed by atoms with E-state index >= 15 is 0 Å². The molecule has 0 atom stereocenters. The number of rotatable bonds is 3. The Balaban J connectivity index is 2.18. The third-order valence-electron chi connectivity index (χ3n) is 2.61. The van der Waals surface area contributed by atoms with E-state index in [1.165, 1.54) is 6.20 Å². The number of H-pyrrole nitrogens is 1. The van der Waals surface area contributed by atoms with Crippen LogP contribution in [0.5, 0.6) is 0 Å². The summed E-state index contributed by atoms with van der Waals surface area (Å²) in [5.41, 5.74) is 2.16. The summed E-state index contributed by atoms with van der Waals surface area (Å²) in [7, 11) is 1.57. The summed E-state index contributed by atoms with van der Waals surface area (Å²) >= 11 is 0. The zero-order chi connectivity index (χ0) is 13.8. The molecule has 0 bridgehead atoms. The first-order valence-corrected chi connectivity index (χ1v) is 5.61. The van der Waals surface area contributed by atoms with Crippen LogP contribution in [-0.2, 0) is 0 Å². The lowest BCUT2D eigenvalue weighted by molar-refractivity contribution is 0.0962. The van der Waals surface area contributed by atoms with Gasteiger partial charge in [0.15, 0.2) is 5.69 Å². The van der Waals surface area contributed by atoms with Gasteiger partial charge in [-0.05, 0) is 30.7 Å². The highest BCUT2D eigenvalue weighted by molar-refractivity contribution is 6.03. The number of carbonyl (C=O) groups excluding carboxylic acids is 2. The molecule has 7 nitrogen and oxygen atoms in total. The summed E-state index contributed by atoms with van der Waals surface area (Å²) in [5.74, 6) is -0.526. The molecule has 1 aromatic carbocycles. The average molecular weight is 259 g/mol. The molecule has 0 saturated carbocycles. The molecule has 2 amide bonds. The lowest BCUT2D eigenvalue weighted by atomic mass is 10.1. The van der Waals surface area contributed by atoms with Crippen molar-refractivity contribution in [3.63, 3.8) is 0 Å². The molecule has 2 aromatic rings. The van der Waals surface area contributed by atoms with Gasteiger partial charge in [-0.3, -0.25) is 9.59 Å². The van der Waals surface area contributed by atoms with Gasteiger partial charge in [0.25, 0.3) is 11.8 Å². The van der Waals surface area contributed by atoms with Crippen molar-refractivity contribution in [1.82, 2.24) is 20.7 Å². The molecule has 0 saturated heterocycles. The van der Waals surface area contributed by atoms with Gasteiger partial charge in [-0.2, -0.15) is 15.4 Å². The van der Waals surface area contributed by atoms with E-state index in [9.17, 15) is 9.59 Å². The highest BCUT2D eigenvalue weighted by Gasteiger charge is 2.11. The number of anilines is 1. The van der Waals surface area contributed by atoms with Crippen LogP contribution in [0, 0.1) is 6.92 Å². The second-order valence-corrected chi connectivity index (χ2v) is 3.92. The number of aromatic amines is 1. The van der Waals surface area contributed by atoms with Crippen LogP contribution in [-0.4, -0.2) is 34.3 Å². The van der Waals surface area contributed by atoms with E-state index in [4.69, 9.17) is 0 Å². The average Bonchev–Trinajstić information content (AvgIpc) is 2.94. The highest BCUT2D eigenvalue weighted by Crippen LogP contribution is 2.17. The topological polar surface area (TPSA) is 99.8 Å². The second-order valence-electron chi connectivity index (χ2n) is 3.92. The van der Waals surface area contributed by atoms with Crippen molar-refractivity contribution in [2.75, 3.05) is 12.4 Å². The normalized spacial score (nSPS) is 10.0. The molecule has 0 radical (unpaired) electrons. The molecule has 2 rings (SSSR count). The number of amides is 2. The zero-order valence-electron chi connectivity index (χ0n) is 10.5. The van der Waals surface area contributed by atoms with E-state index in [0.29, 0.717) is 11.3 Å². The van der Waals surface area contributed by atoms with E-state index in [0.717, 1.165) is 5.56 Å². The van der Waals surface area contributed by atoms with E-state index in [1.54, 1.807) is 25.2 Å². The molecule has 19 heavy (non-hydrogen) atoms. The van der Waals surface area contributed by atoms with Crippen molar-refractivity contribution < 1.29 is 9.59 Å². The zero-order valence-corrected chi connectivity index (χ0v) is 10.5. The molecule has 3 N–H and O–H groups in total. The first kappa shape index (κ1) is 12.7. The van der Waals surface area contributed by atoms with Gasteiger partial charge in [-0.25, -0.2) is 0 Å². The van der Waals surface area contributed by atoms with E-state index in [1.807, 2.05) is 6.92 Å². The molecule has 1 aromatic heterocycles.